The molecule has 7 nitrogen and oxygen atoms in total. The fraction of sp³-hybridized carbons (Fsp3) is 0.214. The van der Waals surface area contributed by atoms with Crippen LogP contribution in [0.2, 0.25) is 0 Å². The highest BCUT2D eigenvalue weighted by Gasteiger charge is 2.14. The number of carbonyl (C=O) groups excluding carboxylic acids is 1. The number of amides is 1. The molecule has 0 spiro atoms. The van der Waals surface area contributed by atoms with Crippen molar-refractivity contribution in [2.24, 2.45) is 0 Å². The van der Waals surface area contributed by atoms with Gasteiger partial charge in [0.1, 0.15) is 5.82 Å². The van der Waals surface area contributed by atoms with Crippen LogP contribution in [0.3, 0.4) is 0 Å². The van der Waals surface area contributed by atoms with Gasteiger partial charge in [-0.1, -0.05) is 6.92 Å². The number of aromatic carboxylic acids is 1. The Kier molecular flexibility index (Phi) is 4.22. The number of hydrogen-bond acceptors (Lipinski definition) is 5. The second-order valence-electron chi connectivity index (χ2n) is 4.39. The van der Waals surface area contributed by atoms with E-state index in [2.05, 4.69) is 20.5 Å². The normalized spacial score (nSPS) is 10.2. The monoisotopic (exact) mass is 286 g/mol. The molecular formula is C14H14N4O3. The van der Waals surface area contributed by atoms with Gasteiger partial charge in [0.05, 0.1) is 22.5 Å². The number of anilines is 1. The highest BCUT2D eigenvalue weighted by molar-refractivity contribution is 6.04. The second kappa shape index (κ2) is 6.08. The molecule has 0 fully saturated rings. The Morgan fingerprint density at radius 2 is 2.05 bits per heavy atom. The molecule has 2 aromatic rings. The summed E-state index contributed by atoms with van der Waals surface area (Å²) in [4.78, 5) is 26.9. The van der Waals surface area contributed by atoms with E-state index in [1.165, 1.54) is 18.3 Å². The number of aryl methyl sites for hydroxylation is 2. The van der Waals surface area contributed by atoms with Gasteiger partial charge in [-0.15, -0.1) is 0 Å². The van der Waals surface area contributed by atoms with Crippen molar-refractivity contribution < 1.29 is 14.7 Å². The number of aromatic nitrogens is 3. The van der Waals surface area contributed by atoms with Crippen LogP contribution in [0.1, 0.15) is 39.0 Å². The van der Waals surface area contributed by atoms with Gasteiger partial charge in [0.25, 0.3) is 5.91 Å². The number of hydrogen-bond donors (Lipinski definition) is 2. The topological polar surface area (TPSA) is 105 Å². The second-order valence-corrected chi connectivity index (χ2v) is 4.39. The van der Waals surface area contributed by atoms with Crippen LogP contribution in [0.25, 0.3) is 0 Å². The molecule has 1 amide bonds. The first-order valence-corrected chi connectivity index (χ1v) is 6.35. The van der Waals surface area contributed by atoms with Gasteiger partial charge in [-0.3, -0.25) is 4.79 Å². The summed E-state index contributed by atoms with van der Waals surface area (Å²) in [6, 6.07) is 4.48. The fourth-order valence-corrected chi connectivity index (χ4v) is 1.75. The fourth-order valence-electron chi connectivity index (χ4n) is 1.75. The van der Waals surface area contributed by atoms with Crippen LogP contribution in [-0.2, 0) is 6.42 Å². The summed E-state index contributed by atoms with van der Waals surface area (Å²) >= 11 is 0. The summed E-state index contributed by atoms with van der Waals surface area (Å²) in [5, 5.41) is 19.3. The maximum Gasteiger partial charge on any atom is 0.337 e. The highest BCUT2D eigenvalue weighted by atomic mass is 16.4. The van der Waals surface area contributed by atoms with Crippen molar-refractivity contribution in [1.82, 2.24) is 15.2 Å². The van der Waals surface area contributed by atoms with Gasteiger partial charge in [-0.25, -0.2) is 9.78 Å². The van der Waals surface area contributed by atoms with Crippen molar-refractivity contribution in [2.45, 2.75) is 20.3 Å². The lowest BCUT2D eigenvalue weighted by atomic mass is 10.1. The minimum absolute atomic E-state index is 0.0590. The molecule has 0 aromatic carbocycles. The highest BCUT2D eigenvalue weighted by Crippen LogP contribution is 2.11. The zero-order chi connectivity index (χ0) is 15.4. The molecule has 0 radical (unpaired) electrons. The summed E-state index contributed by atoms with van der Waals surface area (Å²) in [5.74, 6) is -1.13. The van der Waals surface area contributed by atoms with E-state index in [4.69, 9.17) is 5.11 Å². The average Bonchev–Trinajstić information content (AvgIpc) is 2.47. The van der Waals surface area contributed by atoms with Crippen LogP contribution >= 0.6 is 0 Å². The predicted octanol–water partition coefficient (Wildman–Crippen LogP) is 1.69. The average molecular weight is 286 g/mol. The van der Waals surface area contributed by atoms with E-state index in [-0.39, 0.29) is 17.3 Å². The van der Waals surface area contributed by atoms with Crippen LogP contribution in [-0.4, -0.2) is 32.2 Å². The van der Waals surface area contributed by atoms with E-state index in [0.29, 0.717) is 23.4 Å². The van der Waals surface area contributed by atoms with Gasteiger partial charge in [0.2, 0.25) is 0 Å². The molecule has 0 atom stereocenters. The largest absolute Gasteiger partial charge is 0.478 e. The molecule has 108 valence electrons. The van der Waals surface area contributed by atoms with E-state index in [1.54, 1.807) is 13.0 Å². The van der Waals surface area contributed by atoms with Gasteiger partial charge < -0.3 is 10.4 Å². The van der Waals surface area contributed by atoms with Crippen molar-refractivity contribution in [3.05, 3.63) is 46.9 Å². The molecule has 0 bridgehead atoms. The minimum atomic E-state index is -1.07. The van der Waals surface area contributed by atoms with Gasteiger partial charge in [-0.05, 0) is 31.5 Å². The van der Waals surface area contributed by atoms with Crippen LogP contribution in [0.5, 0.6) is 0 Å². The number of rotatable bonds is 4. The summed E-state index contributed by atoms with van der Waals surface area (Å²) in [5.41, 5.74) is 1.74. The lowest BCUT2D eigenvalue weighted by Crippen LogP contribution is -2.17. The Bertz CT molecular complexity index is 683. The Hall–Kier alpha value is -2.83. The number of nitrogens with one attached hydrogen (secondary N) is 1. The van der Waals surface area contributed by atoms with Crippen molar-refractivity contribution in [3.63, 3.8) is 0 Å². The molecule has 0 aliphatic heterocycles. The number of nitrogens with zero attached hydrogens (tertiary/aromatic N) is 3. The van der Waals surface area contributed by atoms with Crippen LogP contribution in [0, 0.1) is 6.92 Å². The smallest absolute Gasteiger partial charge is 0.337 e. The first-order chi connectivity index (χ1) is 10.0. The maximum absolute atomic E-state index is 12.2. The van der Waals surface area contributed by atoms with Gasteiger partial charge in [-0.2, -0.15) is 10.2 Å². The van der Waals surface area contributed by atoms with Crippen LogP contribution in [0.15, 0.2) is 24.4 Å². The van der Waals surface area contributed by atoms with Crippen molar-refractivity contribution in [3.8, 4) is 0 Å². The molecule has 2 rings (SSSR count). The first kappa shape index (κ1) is 14.6. The molecule has 21 heavy (non-hydrogen) atoms. The van der Waals surface area contributed by atoms with Gasteiger partial charge >= 0.3 is 5.97 Å². The van der Waals surface area contributed by atoms with E-state index in [1.807, 2.05) is 6.92 Å². The zero-order valence-electron chi connectivity index (χ0n) is 11.6. The third-order valence-electron chi connectivity index (χ3n) is 2.82. The third-order valence-corrected chi connectivity index (χ3v) is 2.82. The van der Waals surface area contributed by atoms with E-state index in [9.17, 15) is 9.59 Å². The van der Waals surface area contributed by atoms with Gasteiger partial charge in [0.15, 0.2) is 0 Å². The van der Waals surface area contributed by atoms with E-state index in [0.717, 1.165) is 0 Å². The Morgan fingerprint density at radius 1 is 1.29 bits per heavy atom. The first-order valence-electron chi connectivity index (χ1n) is 6.35. The SMILES string of the molecule is CCc1nnc(C)cc1C(=O)Nc1ccc(C(=O)O)cn1. The third kappa shape index (κ3) is 3.38. The van der Waals surface area contributed by atoms with Crippen LogP contribution in [0.4, 0.5) is 5.82 Å². The van der Waals surface area contributed by atoms with Crippen molar-refractivity contribution >= 4 is 17.7 Å². The molecule has 7 heteroatoms. The molecule has 0 unspecified atom stereocenters. The molecule has 2 N–H and O–H groups in total. The molecule has 2 heterocycles. The molecule has 2 aromatic heterocycles. The Morgan fingerprint density at radius 3 is 2.62 bits per heavy atom. The predicted molar refractivity (Wildman–Crippen MR) is 75.3 cm³/mol. The number of carbonyl (C=O) groups is 2. The summed E-state index contributed by atoms with van der Waals surface area (Å²) in [6.07, 6.45) is 1.77. The lowest BCUT2D eigenvalue weighted by Gasteiger charge is -2.08. The molecule has 0 aliphatic rings. The van der Waals surface area contributed by atoms with Crippen molar-refractivity contribution in [1.29, 1.82) is 0 Å². The molecule has 0 saturated heterocycles. The number of pyridine rings is 1. The maximum atomic E-state index is 12.2. The van der Waals surface area contributed by atoms with E-state index >= 15 is 0 Å². The number of carboxylic acid groups (broad SMARTS) is 1. The molecule has 0 saturated carbocycles. The van der Waals surface area contributed by atoms with Crippen LogP contribution < -0.4 is 5.32 Å². The lowest BCUT2D eigenvalue weighted by molar-refractivity contribution is 0.0696. The zero-order valence-corrected chi connectivity index (χ0v) is 11.6. The summed E-state index contributed by atoms with van der Waals surface area (Å²) < 4.78 is 0. The summed E-state index contributed by atoms with van der Waals surface area (Å²) in [6.45, 7) is 3.64. The minimum Gasteiger partial charge on any atom is -0.478 e. The number of carboxylic acids is 1. The van der Waals surface area contributed by atoms with Gasteiger partial charge in [0, 0.05) is 6.20 Å². The molecule has 0 aliphatic carbocycles. The van der Waals surface area contributed by atoms with Crippen molar-refractivity contribution in [2.75, 3.05) is 5.32 Å². The molecular weight excluding hydrogens is 272 g/mol. The summed E-state index contributed by atoms with van der Waals surface area (Å²) in [7, 11) is 0. The Labute approximate surface area is 121 Å². The standard InChI is InChI=1S/C14H14N4O3/c1-3-11-10(6-8(2)17-18-11)13(19)16-12-5-4-9(7-15-12)14(20)21/h4-7H,3H2,1-2H3,(H,20,21)(H,15,16,19). The van der Waals surface area contributed by atoms with E-state index < -0.39 is 5.97 Å². The Balaban J connectivity index is 2.21. The quantitative estimate of drug-likeness (QED) is 0.886.